The van der Waals surface area contributed by atoms with Gasteiger partial charge in [-0.25, -0.2) is 0 Å². The lowest BCUT2D eigenvalue weighted by Gasteiger charge is -2.37. The van der Waals surface area contributed by atoms with E-state index in [1.807, 2.05) is 18.7 Å². The van der Waals surface area contributed by atoms with E-state index in [1.54, 1.807) is 0 Å². The lowest BCUT2D eigenvalue weighted by molar-refractivity contribution is -0.141. The van der Waals surface area contributed by atoms with Crippen molar-refractivity contribution in [1.29, 1.82) is 0 Å². The SMILES string of the molecule is CC(C)OCC(=O)N(CCN)C1CCC1. The van der Waals surface area contributed by atoms with Gasteiger partial charge in [-0.05, 0) is 33.1 Å². The third kappa shape index (κ3) is 3.80. The minimum atomic E-state index is 0.0823. The van der Waals surface area contributed by atoms with Crippen LogP contribution < -0.4 is 5.73 Å². The Hall–Kier alpha value is -0.610. The van der Waals surface area contributed by atoms with Gasteiger partial charge in [0.15, 0.2) is 0 Å². The van der Waals surface area contributed by atoms with E-state index in [0.29, 0.717) is 19.1 Å². The second-order valence-electron chi connectivity index (χ2n) is 4.32. The first-order chi connectivity index (χ1) is 7.15. The lowest BCUT2D eigenvalue weighted by Crippen LogP contribution is -2.48. The van der Waals surface area contributed by atoms with Crippen LogP contribution in [-0.2, 0) is 9.53 Å². The van der Waals surface area contributed by atoms with Gasteiger partial charge in [0.25, 0.3) is 0 Å². The molecule has 0 radical (unpaired) electrons. The molecule has 1 rings (SSSR count). The van der Waals surface area contributed by atoms with E-state index in [0.717, 1.165) is 12.8 Å². The predicted octanol–water partition coefficient (Wildman–Crippen LogP) is 0.751. The van der Waals surface area contributed by atoms with E-state index in [1.165, 1.54) is 6.42 Å². The Morgan fingerprint density at radius 1 is 1.53 bits per heavy atom. The fourth-order valence-corrected chi connectivity index (χ4v) is 1.67. The summed E-state index contributed by atoms with van der Waals surface area (Å²) in [5.74, 6) is 0.0823. The standard InChI is InChI=1S/C11H22N2O2/c1-9(2)15-8-11(14)13(7-6-12)10-4-3-5-10/h9-10H,3-8,12H2,1-2H3. The van der Waals surface area contributed by atoms with Gasteiger partial charge in [-0.1, -0.05) is 0 Å². The highest BCUT2D eigenvalue weighted by atomic mass is 16.5. The van der Waals surface area contributed by atoms with Crippen molar-refractivity contribution in [3.63, 3.8) is 0 Å². The fraction of sp³-hybridized carbons (Fsp3) is 0.909. The van der Waals surface area contributed by atoms with E-state index in [-0.39, 0.29) is 18.6 Å². The molecule has 0 aromatic carbocycles. The smallest absolute Gasteiger partial charge is 0.248 e. The summed E-state index contributed by atoms with van der Waals surface area (Å²) in [5.41, 5.74) is 5.51. The molecule has 0 bridgehead atoms. The quantitative estimate of drug-likeness (QED) is 0.710. The Morgan fingerprint density at radius 3 is 2.60 bits per heavy atom. The molecule has 0 saturated heterocycles. The molecule has 15 heavy (non-hydrogen) atoms. The number of rotatable bonds is 6. The average molecular weight is 214 g/mol. The maximum atomic E-state index is 11.8. The van der Waals surface area contributed by atoms with E-state index in [4.69, 9.17) is 10.5 Å². The minimum absolute atomic E-state index is 0.0823. The van der Waals surface area contributed by atoms with Crippen LogP contribution in [0.5, 0.6) is 0 Å². The summed E-state index contributed by atoms with van der Waals surface area (Å²) < 4.78 is 5.32. The van der Waals surface area contributed by atoms with Crippen LogP contribution in [0.4, 0.5) is 0 Å². The first-order valence-corrected chi connectivity index (χ1v) is 5.76. The molecular formula is C11H22N2O2. The topological polar surface area (TPSA) is 55.6 Å². The Morgan fingerprint density at radius 2 is 2.20 bits per heavy atom. The summed E-state index contributed by atoms with van der Waals surface area (Å²) in [4.78, 5) is 13.7. The summed E-state index contributed by atoms with van der Waals surface area (Å²) in [5, 5.41) is 0. The van der Waals surface area contributed by atoms with Crippen LogP contribution >= 0.6 is 0 Å². The Balaban J connectivity index is 2.36. The van der Waals surface area contributed by atoms with Crippen molar-refractivity contribution in [2.45, 2.75) is 45.3 Å². The van der Waals surface area contributed by atoms with Crippen LogP contribution in [0.2, 0.25) is 0 Å². The normalized spacial score (nSPS) is 16.5. The largest absolute Gasteiger partial charge is 0.369 e. The summed E-state index contributed by atoms with van der Waals surface area (Å²) >= 11 is 0. The Kier molecular flexibility index (Phi) is 5.05. The molecule has 0 aromatic rings. The maximum absolute atomic E-state index is 11.8. The van der Waals surface area contributed by atoms with Gasteiger partial charge < -0.3 is 15.4 Å². The molecule has 4 nitrogen and oxygen atoms in total. The highest BCUT2D eigenvalue weighted by molar-refractivity contribution is 5.77. The fourth-order valence-electron chi connectivity index (χ4n) is 1.67. The minimum Gasteiger partial charge on any atom is -0.369 e. The molecule has 0 heterocycles. The number of hydrogen-bond acceptors (Lipinski definition) is 3. The summed E-state index contributed by atoms with van der Waals surface area (Å²) in [7, 11) is 0. The van der Waals surface area contributed by atoms with Gasteiger partial charge in [0.05, 0.1) is 6.10 Å². The molecule has 0 unspecified atom stereocenters. The van der Waals surface area contributed by atoms with Crippen LogP contribution in [0.25, 0.3) is 0 Å². The van der Waals surface area contributed by atoms with Crippen molar-refractivity contribution in [1.82, 2.24) is 4.90 Å². The zero-order valence-electron chi connectivity index (χ0n) is 9.74. The van der Waals surface area contributed by atoms with Crippen LogP contribution in [0.1, 0.15) is 33.1 Å². The second kappa shape index (κ2) is 6.08. The van der Waals surface area contributed by atoms with E-state index in [9.17, 15) is 4.79 Å². The maximum Gasteiger partial charge on any atom is 0.248 e. The molecule has 88 valence electrons. The molecule has 0 atom stereocenters. The highest BCUT2D eigenvalue weighted by Crippen LogP contribution is 2.24. The number of carbonyl (C=O) groups excluding carboxylic acids is 1. The third-order valence-corrected chi connectivity index (χ3v) is 2.75. The number of nitrogens with two attached hydrogens (primary N) is 1. The van der Waals surface area contributed by atoms with Crippen molar-refractivity contribution in [2.75, 3.05) is 19.7 Å². The number of hydrogen-bond donors (Lipinski definition) is 1. The van der Waals surface area contributed by atoms with Crippen molar-refractivity contribution in [3.8, 4) is 0 Å². The molecule has 0 aromatic heterocycles. The van der Waals surface area contributed by atoms with E-state index < -0.39 is 0 Å². The molecule has 1 amide bonds. The highest BCUT2D eigenvalue weighted by Gasteiger charge is 2.27. The lowest BCUT2D eigenvalue weighted by atomic mass is 9.91. The predicted molar refractivity (Wildman–Crippen MR) is 59.5 cm³/mol. The average Bonchev–Trinajstić information content (AvgIpc) is 2.10. The zero-order valence-corrected chi connectivity index (χ0v) is 9.74. The number of amides is 1. The molecule has 4 heteroatoms. The Labute approximate surface area is 91.8 Å². The molecule has 2 N–H and O–H groups in total. The van der Waals surface area contributed by atoms with Crippen LogP contribution in [-0.4, -0.2) is 42.6 Å². The number of nitrogens with zero attached hydrogens (tertiary/aromatic N) is 1. The van der Waals surface area contributed by atoms with Gasteiger partial charge in [0.2, 0.25) is 5.91 Å². The third-order valence-electron chi connectivity index (χ3n) is 2.75. The zero-order chi connectivity index (χ0) is 11.3. The van der Waals surface area contributed by atoms with Crippen molar-refractivity contribution >= 4 is 5.91 Å². The van der Waals surface area contributed by atoms with Gasteiger partial charge in [-0.3, -0.25) is 4.79 Å². The van der Waals surface area contributed by atoms with Crippen molar-refractivity contribution in [3.05, 3.63) is 0 Å². The van der Waals surface area contributed by atoms with Gasteiger partial charge >= 0.3 is 0 Å². The summed E-state index contributed by atoms with van der Waals surface area (Å²) in [6.07, 6.45) is 3.57. The van der Waals surface area contributed by atoms with Crippen LogP contribution in [0.15, 0.2) is 0 Å². The van der Waals surface area contributed by atoms with Crippen LogP contribution in [0.3, 0.4) is 0 Å². The molecule has 0 aliphatic heterocycles. The first-order valence-electron chi connectivity index (χ1n) is 5.76. The molecule has 1 aliphatic rings. The van der Waals surface area contributed by atoms with Crippen LogP contribution in [0, 0.1) is 0 Å². The summed E-state index contributed by atoms with van der Waals surface area (Å²) in [6.45, 7) is 5.25. The van der Waals surface area contributed by atoms with Gasteiger partial charge in [0, 0.05) is 19.1 Å². The molecular weight excluding hydrogens is 192 g/mol. The van der Waals surface area contributed by atoms with Crippen molar-refractivity contribution < 1.29 is 9.53 Å². The molecule has 1 saturated carbocycles. The molecule has 1 aliphatic carbocycles. The summed E-state index contributed by atoms with van der Waals surface area (Å²) in [6, 6.07) is 0.414. The molecule has 0 spiro atoms. The van der Waals surface area contributed by atoms with Gasteiger partial charge in [-0.15, -0.1) is 0 Å². The second-order valence-corrected chi connectivity index (χ2v) is 4.32. The number of ether oxygens (including phenoxy) is 1. The van der Waals surface area contributed by atoms with Gasteiger partial charge in [0.1, 0.15) is 6.61 Å². The van der Waals surface area contributed by atoms with E-state index in [2.05, 4.69) is 0 Å². The monoisotopic (exact) mass is 214 g/mol. The number of carbonyl (C=O) groups is 1. The van der Waals surface area contributed by atoms with Gasteiger partial charge in [-0.2, -0.15) is 0 Å². The van der Waals surface area contributed by atoms with E-state index >= 15 is 0 Å². The van der Waals surface area contributed by atoms with Crippen molar-refractivity contribution in [2.24, 2.45) is 5.73 Å². The Bertz CT molecular complexity index is 203. The molecule has 1 fully saturated rings. The first kappa shape index (κ1) is 12.5.